The monoisotopic (exact) mass is 361 g/mol. The Morgan fingerprint density at radius 1 is 0.808 bits per heavy atom. The van der Waals surface area contributed by atoms with Crippen molar-refractivity contribution in [3.8, 4) is 0 Å². The van der Waals surface area contributed by atoms with Crippen molar-refractivity contribution in [2.45, 2.75) is 13.0 Å². The lowest BCUT2D eigenvalue weighted by Crippen LogP contribution is -2.29. The largest absolute Gasteiger partial charge is 0.459 e. The molecule has 1 atom stereocenters. The molecule has 0 aliphatic heterocycles. The van der Waals surface area contributed by atoms with Gasteiger partial charge in [0.2, 0.25) is 7.29 Å². The first-order valence-electron chi connectivity index (χ1n) is 8.64. The van der Waals surface area contributed by atoms with Crippen LogP contribution in [0.1, 0.15) is 18.7 Å². The van der Waals surface area contributed by atoms with E-state index in [2.05, 4.69) is 5.09 Å². The van der Waals surface area contributed by atoms with E-state index in [1.54, 1.807) is 0 Å². The summed E-state index contributed by atoms with van der Waals surface area (Å²) in [7, 11) is -3.00. The zero-order valence-electron chi connectivity index (χ0n) is 14.5. The van der Waals surface area contributed by atoms with Gasteiger partial charge in [0.15, 0.2) is 0 Å². The van der Waals surface area contributed by atoms with Crippen LogP contribution in [0.2, 0.25) is 0 Å². The molecule has 130 valence electrons. The number of furan rings is 1. The fraction of sp³-hybridized carbons (Fsp3) is 0.0909. The molecule has 1 N–H and O–H groups in total. The molecule has 4 heteroatoms. The van der Waals surface area contributed by atoms with Gasteiger partial charge in [-0.2, -0.15) is 0 Å². The Hall–Kier alpha value is -2.61. The number of fused-ring (bicyclic) bond motifs is 1. The fourth-order valence-corrected chi connectivity index (χ4v) is 5.58. The molecule has 0 amide bonds. The number of benzene rings is 3. The van der Waals surface area contributed by atoms with Crippen LogP contribution in [0.25, 0.3) is 11.0 Å². The minimum atomic E-state index is -3.00. The highest BCUT2D eigenvalue weighted by Crippen LogP contribution is 2.42. The summed E-state index contributed by atoms with van der Waals surface area (Å²) < 4.78 is 20.0. The smallest absolute Gasteiger partial charge is 0.205 e. The number of nitrogens with one attached hydrogen (secondary N) is 1. The SMILES string of the molecule is C[C@H](NP(=O)(c1ccccc1)c1ccccc1)c1cc2ccccc2o1. The molecule has 0 aliphatic rings. The zero-order valence-corrected chi connectivity index (χ0v) is 15.4. The predicted octanol–water partition coefficient (Wildman–Crippen LogP) is 5.01. The van der Waals surface area contributed by atoms with Crippen LogP contribution in [0.5, 0.6) is 0 Å². The molecule has 4 aromatic rings. The van der Waals surface area contributed by atoms with Crippen LogP contribution in [-0.2, 0) is 4.57 Å². The summed E-state index contributed by atoms with van der Waals surface area (Å²) >= 11 is 0. The van der Waals surface area contributed by atoms with E-state index in [4.69, 9.17) is 4.42 Å². The summed E-state index contributed by atoms with van der Waals surface area (Å²) in [6, 6.07) is 28.9. The third-order valence-corrected chi connectivity index (χ3v) is 7.29. The average molecular weight is 361 g/mol. The molecule has 0 bridgehead atoms. The Kier molecular flexibility index (Phi) is 4.50. The highest BCUT2D eigenvalue weighted by Gasteiger charge is 2.30. The number of para-hydroxylation sites is 1. The van der Waals surface area contributed by atoms with Gasteiger partial charge in [0, 0.05) is 16.0 Å². The quantitative estimate of drug-likeness (QED) is 0.508. The minimum Gasteiger partial charge on any atom is -0.459 e. The summed E-state index contributed by atoms with van der Waals surface area (Å²) in [6.45, 7) is 1.98. The summed E-state index contributed by atoms with van der Waals surface area (Å²) in [5.41, 5.74) is 0.838. The van der Waals surface area contributed by atoms with Crippen molar-refractivity contribution in [3.63, 3.8) is 0 Å². The molecular formula is C22H20NO2P. The molecule has 1 aromatic heterocycles. The van der Waals surface area contributed by atoms with Crippen molar-refractivity contribution in [3.05, 3.63) is 96.8 Å². The van der Waals surface area contributed by atoms with Crippen LogP contribution in [-0.4, -0.2) is 0 Å². The Labute approximate surface area is 153 Å². The van der Waals surface area contributed by atoms with E-state index in [1.807, 2.05) is 97.9 Å². The maximum absolute atomic E-state index is 14.1. The summed E-state index contributed by atoms with van der Waals surface area (Å²) in [4.78, 5) is 0. The number of rotatable bonds is 5. The van der Waals surface area contributed by atoms with Gasteiger partial charge < -0.3 is 4.42 Å². The highest BCUT2D eigenvalue weighted by molar-refractivity contribution is 7.76. The molecule has 26 heavy (non-hydrogen) atoms. The van der Waals surface area contributed by atoms with Crippen LogP contribution in [0.3, 0.4) is 0 Å². The van der Waals surface area contributed by atoms with Gasteiger partial charge in [0.25, 0.3) is 0 Å². The van der Waals surface area contributed by atoms with E-state index in [1.165, 1.54) is 0 Å². The molecule has 0 saturated heterocycles. The van der Waals surface area contributed by atoms with Gasteiger partial charge in [0.05, 0.1) is 6.04 Å². The van der Waals surface area contributed by atoms with Crippen LogP contribution in [0.4, 0.5) is 0 Å². The van der Waals surface area contributed by atoms with Crippen molar-refractivity contribution in [2.24, 2.45) is 0 Å². The summed E-state index contributed by atoms with van der Waals surface area (Å²) in [6.07, 6.45) is 0. The van der Waals surface area contributed by atoms with E-state index in [9.17, 15) is 4.57 Å². The maximum Gasteiger partial charge on any atom is 0.205 e. The third-order valence-electron chi connectivity index (χ3n) is 4.49. The lowest BCUT2D eigenvalue weighted by molar-refractivity contribution is 0.488. The van der Waals surface area contributed by atoms with Gasteiger partial charge in [-0.15, -0.1) is 0 Å². The maximum atomic E-state index is 14.1. The van der Waals surface area contributed by atoms with E-state index in [0.29, 0.717) is 0 Å². The molecule has 1 heterocycles. The lowest BCUT2D eigenvalue weighted by Gasteiger charge is -2.23. The highest BCUT2D eigenvalue weighted by atomic mass is 31.2. The molecule has 3 aromatic carbocycles. The molecule has 0 saturated carbocycles. The normalized spacial score (nSPS) is 13.0. The third kappa shape index (κ3) is 3.12. The fourth-order valence-electron chi connectivity index (χ4n) is 3.13. The first-order valence-corrected chi connectivity index (χ1v) is 10.3. The standard InChI is InChI=1S/C22H20NO2P/c1-17(22-16-18-10-8-9-15-21(18)25-22)23-26(24,19-11-4-2-5-12-19)20-13-6-3-7-14-20/h2-17H,1H3,(H,23,24)/t17-/m0/s1. The van der Waals surface area contributed by atoms with Crippen molar-refractivity contribution < 1.29 is 8.98 Å². The molecule has 0 aliphatic carbocycles. The Bertz CT molecular complexity index is 981. The van der Waals surface area contributed by atoms with Crippen LogP contribution in [0, 0.1) is 0 Å². The van der Waals surface area contributed by atoms with Gasteiger partial charge in [-0.05, 0) is 43.3 Å². The van der Waals surface area contributed by atoms with Crippen LogP contribution in [0.15, 0.2) is 95.4 Å². The second kappa shape index (κ2) is 6.95. The van der Waals surface area contributed by atoms with Crippen molar-refractivity contribution in [2.75, 3.05) is 0 Å². The second-order valence-corrected chi connectivity index (χ2v) is 8.83. The summed E-state index contributed by atoms with van der Waals surface area (Å²) in [5, 5.41) is 5.98. The van der Waals surface area contributed by atoms with E-state index < -0.39 is 7.29 Å². The Morgan fingerprint density at radius 2 is 1.35 bits per heavy atom. The van der Waals surface area contributed by atoms with Crippen molar-refractivity contribution in [1.82, 2.24) is 5.09 Å². The molecular weight excluding hydrogens is 341 g/mol. The van der Waals surface area contributed by atoms with Gasteiger partial charge in [-0.3, -0.25) is 4.57 Å². The minimum absolute atomic E-state index is 0.200. The van der Waals surface area contributed by atoms with E-state index in [-0.39, 0.29) is 6.04 Å². The molecule has 3 nitrogen and oxygen atoms in total. The van der Waals surface area contributed by atoms with Crippen molar-refractivity contribution >= 4 is 28.9 Å². The summed E-state index contributed by atoms with van der Waals surface area (Å²) in [5.74, 6) is 0.776. The number of hydrogen-bond acceptors (Lipinski definition) is 2. The topological polar surface area (TPSA) is 42.2 Å². The van der Waals surface area contributed by atoms with Crippen molar-refractivity contribution in [1.29, 1.82) is 0 Å². The zero-order chi connectivity index (χ0) is 18.0. The van der Waals surface area contributed by atoms with Gasteiger partial charge in [-0.25, -0.2) is 5.09 Å². The molecule has 4 rings (SSSR count). The van der Waals surface area contributed by atoms with E-state index >= 15 is 0 Å². The Morgan fingerprint density at radius 3 is 1.92 bits per heavy atom. The van der Waals surface area contributed by atoms with Gasteiger partial charge in [0.1, 0.15) is 11.3 Å². The predicted molar refractivity (Wildman–Crippen MR) is 108 cm³/mol. The average Bonchev–Trinajstić information content (AvgIpc) is 3.14. The first kappa shape index (κ1) is 16.8. The molecule has 0 unspecified atom stereocenters. The number of hydrogen-bond donors (Lipinski definition) is 1. The van der Waals surface area contributed by atoms with Crippen LogP contribution >= 0.6 is 7.29 Å². The van der Waals surface area contributed by atoms with Gasteiger partial charge >= 0.3 is 0 Å². The first-order chi connectivity index (χ1) is 12.7. The molecule has 0 spiro atoms. The van der Waals surface area contributed by atoms with E-state index in [0.717, 1.165) is 27.3 Å². The van der Waals surface area contributed by atoms with Gasteiger partial charge in [-0.1, -0.05) is 54.6 Å². The Balaban J connectivity index is 1.74. The molecule has 0 fully saturated rings. The second-order valence-electron chi connectivity index (χ2n) is 6.32. The molecule has 0 radical (unpaired) electrons. The van der Waals surface area contributed by atoms with Crippen LogP contribution < -0.4 is 15.7 Å². The lowest BCUT2D eigenvalue weighted by atomic mass is 10.2.